The highest BCUT2D eigenvalue weighted by Crippen LogP contribution is 2.56. The average Bonchev–Trinajstić information content (AvgIpc) is 2.82. The molecule has 0 radical (unpaired) electrons. The molecule has 1 amide bonds. The first-order valence-electron chi connectivity index (χ1n) is 10.2. The number of nitrogens with zero attached hydrogens (tertiary/aromatic N) is 2. The van der Waals surface area contributed by atoms with Crippen LogP contribution in [0.2, 0.25) is 0 Å². The number of hydroxylamine groups is 2. The zero-order chi connectivity index (χ0) is 18.9. The van der Waals surface area contributed by atoms with E-state index in [1.807, 2.05) is 11.8 Å². The highest BCUT2D eigenvalue weighted by atomic mass is 32.2. The van der Waals surface area contributed by atoms with Crippen molar-refractivity contribution in [2.24, 2.45) is 0 Å². The molecule has 1 N–H and O–H groups in total. The highest BCUT2D eigenvalue weighted by molar-refractivity contribution is 7.99. The molecule has 1 aromatic carbocycles. The first kappa shape index (κ1) is 19.1. The number of hydrogen-bond acceptors (Lipinski definition) is 5. The Kier molecular flexibility index (Phi) is 5.67. The molecule has 0 unspecified atom stereocenters. The molecule has 148 valence electrons. The SMILES string of the molecule is CON(C)C(=O)CCCC[C@]12CCNC[C@H]1c1cccc3c1N2CCCS3. The van der Waals surface area contributed by atoms with Gasteiger partial charge in [0, 0.05) is 42.9 Å². The van der Waals surface area contributed by atoms with Gasteiger partial charge in [0.05, 0.1) is 12.8 Å². The number of piperidine rings is 1. The molecule has 3 aliphatic rings. The molecular weight excluding hydrogens is 358 g/mol. The van der Waals surface area contributed by atoms with Crippen molar-refractivity contribution in [3.8, 4) is 0 Å². The summed E-state index contributed by atoms with van der Waals surface area (Å²) in [7, 11) is 3.23. The van der Waals surface area contributed by atoms with E-state index in [-0.39, 0.29) is 11.4 Å². The third kappa shape index (κ3) is 3.36. The van der Waals surface area contributed by atoms with Crippen LogP contribution in [0.5, 0.6) is 0 Å². The molecule has 5 nitrogen and oxygen atoms in total. The molecule has 3 aliphatic heterocycles. The standard InChI is InChI=1S/C21H31N3O2S/c1-23(26-2)19(25)9-3-4-10-21-11-12-22-15-17(21)16-7-5-8-18-20(16)24(21)13-6-14-27-18/h5,7-8,17,22H,3-4,6,9-15H2,1-2H3/t17-,21-/m0/s1. The van der Waals surface area contributed by atoms with Crippen LogP contribution in [0.3, 0.4) is 0 Å². The summed E-state index contributed by atoms with van der Waals surface area (Å²) in [6, 6.07) is 6.91. The predicted octanol–water partition coefficient (Wildman–Crippen LogP) is 3.40. The molecule has 0 bridgehead atoms. The summed E-state index contributed by atoms with van der Waals surface area (Å²) in [6.45, 7) is 3.33. The van der Waals surface area contributed by atoms with Crippen LogP contribution in [-0.2, 0) is 9.63 Å². The minimum Gasteiger partial charge on any atom is -0.364 e. The maximum atomic E-state index is 12.0. The maximum Gasteiger partial charge on any atom is 0.245 e. The first-order valence-corrected chi connectivity index (χ1v) is 11.2. The number of rotatable bonds is 6. The molecule has 2 atom stereocenters. The number of amides is 1. The van der Waals surface area contributed by atoms with Crippen LogP contribution in [0.1, 0.15) is 50.0 Å². The lowest BCUT2D eigenvalue weighted by molar-refractivity contribution is -0.168. The third-order valence-corrected chi connectivity index (χ3v) is 7.74. The number of unbranched alkanes of at least 4 members (excludes halogenated alkanes) is 1. The Labute approximate surface area is 166 Å². The summed E-state index contributed by atoms with van der Waals surface area (Å²) in [5.41, 5.74) is 3.29. The largest absolute Gasteiger partial charge is 0.364 e. The van der Waals surface area contributed by atoms with E-state index in [2.05, 4.69) is 28.4 Å². The lowest BCUT2D eigenvalue weighted by Gasteiger charge is -2.47. The minimum absolute atomic E-state index is 0.0695. The van der Waals surface area contributed by atoms with Crippen molar-refractivity contribution in [1.29, 1.82) is 0 Å². The fraction of sp³-hybridized carbons (Fsp3) is 0.667. The number of anilines is 1. The summed E-state index contributed by atoms with van der Waals surface area (Å²) >= 11 is 2.02. The van der Waals surface area contributed by atoms with E-state index in [9.17, 15) is 4.79 Å². The van der Waals surface area contributed by atoms with Crippen LogP contribution < -0.4 is 10.2 Å². The van der Waals surface area contributed by atoms with Crippen molar-refractivity contribution in [2.45, 2.75) is 54.9 Å². The molecular formula is C21H31N3O2S. The smallest absolute Gasteiger partial charge is 0.245 e. The number of carbonyl (C=O) groups is 1. The number of nitrogens with one attached hydrogen (secondary N) is 1. The van der Waals surface area contributed by atoms with Gasteiger partial charge < -0.3 is 10.2 Å². The van der Waals surface area contributed by atoms with E-state index in [0.717, 1.165) is 25.9 Å². The zero-order valence-electron chi connectivity index (χ0n) is 16.5. The number of para-hydroxylation sites is 1. The topological polar surface area (TPSA) is 44.8 Å². The first-order chi connectivity index (χ1) is 13.2. The maximum absolute atomic E-state index is 12.0. The number of thioether (sulfide) groups is 1. The lowest BCUT2D eigenvalue weighted by atomic mass is 9.74. The molecule has 1 saturated heterocycles. The molecule has 0 aromatic heterocycles. The van der Waals surface area contributed by atoms with Crippen molar-refractivity contribution < 1.29 is 9.63 Å². The van der Waals surface area contributed by atoms with Crippen molar-refractivity contribution in [2.75, 3.05) is 44.4 Å². The van der Waals surface area contributed by atoms with Crippen molar-refractivity contribution in [3.63, 3.8) is 0 Å². The number of benzene rings is 1. The molecule has 0 spiro atoms. The molecule has 3 heterocycles. The highest BCUT2D eigenvalue weighted by Gasteiger charge is 2.52. The van der Waals surface area contributed by atoms with Crippen LogP contribution in [0.25, 0.3) is 0 Å². The van der Waals surface area contributed by atoms with E-state index in [4.69, 9.17) is 4.84 Å². The Morgan fingerprint density at radius 1 is 1.44 bits per heavy atom. The second-order valence-electron chi connectivity index (χ2n) is 7.94. The Bertz CT molecular complexity index is 698. The van der Waals surface area contributed by atoms with Crippen LogP contribution in [0.4, 0.5) is 5.69 Å². The van der Waals surface area contributed by atoms with Gasteiger partial charge in [0.15, 0.2) is 0 Å². The fourth-order valence-electron chi connectivity index (χ4n) is 5.23. The predicted molar refractivity (Wildman–Crippen MR) is 110 cm³/mol. The molecule has 27 heavy (non-hydrogen) atoms. The van der Waals surface area contributed by atoms with Gasteiger partial charge >= 0.3 is 0 Å². The quantitative estimate of drug-likeness (QED) is 0.597. The van der Waals surface area contributed by atoms with Crippen LogP contribution in [0, 0.1) is 0 Å². The normalized spacial score (nSPS) is 26.3. The molecule has 6 heteroatoms. The summed E-state index contributed by atoms with van der Waals surface area (Å²) < 4.78 is 0. The summed E-state index contributed by atoms with van der Waals surface area (Å²) in [4.78, 5) is 21.3. The number of fused-ring (bicyclic) bond motifs is 3. The summed E-state index contributed by atoms with van der Waals surface area (Å²) in [5, 5.41) is 4.98. The van der Waals surface area contributed by atoms with E-state index < -0.39 is 0 Å². The average molecular weight is 390 g/mol. The van der Waals surface area contributed by atoms with E-state index in [1.54, 1.807) is 19.7 Å². The van der Waals surface area contributed by atoms with Gasteiger partial charge in [-0.05, 0) is 49.6 Å². The van der Waals surface area contributed by atoms with Gasteiger partial charge in [-0.2, -0.15) is 0 Å². The Balaban J connectivity index is 1.53. The zero-order valence-corrected chi connectivity index (χ0v) is 17.3. The monoisotopic (exact) mass is 389 g/mol. The molecule has 4 rings (SSSR count). The van der Waals surface area contributed by atoms with Crippen molar-refractivity contribution in [3.05, 3.63) is 23.8 Å². The van der Waals surface area contributed by atoms with Gasteiger partial charge in [0.2, 0.25) is 5.91 Å². The van der Waals surface area contributed by atoms with Crippen LogP contribution in [-0.4, -0.2) is 56.1 Å². The Morgan fingerprint density at radius 3 is 3.19 bits per heavy atom. The number of carbonyl (C=O) groups excluding carboxylic acids is 1. The molecule has 1 aromatic rings. The number of hydrogen-bond donors (Lipinski definition) is 1. The second-order valence-corrected chi connectivity index (χ2v) is 9.08. The molecule has 1 fully saturated rings. The fourth-order valence-corrected chi connectivity index (χ4v) is 6.26. The van der Waals surface area contributed by atoms with Crippen molar-refractivity contribution >= 4 is 23.4 Å². The third-order valence-electron chi connectivity index (χ3n) is 6.60. The van der Waals surface area contributed by atoms with Gasteiger partial charge in [-0.3, -0.25) is 9.63 Å². The van der Waals surface area contributed by atoms with E-state index in [0.29, 0.717) is 12.3 Å². The van der Waals surface area contributed by atoms with Gasteiger partial charge in [-0.15, -0.1) is 11.8 Å². The second kappa shape index (κ2) is 8.02. The summed E-state index contributed by atoms with van der Waals surface area (Å²) in [5.74, 6) is 1.85. The lowest BCUT2D eigenvalue weighted by Crippen LogP contribution is -2.56. The van der Waals surface area contributed by atoms with Gasteiger partial charge in [0.1, 0.15) is 0 Å². The van der Waals surface area contributed by atoms with E-state index in [1.165, 1.54) is 47.2 Å². The molecule has 0 saturated carbocycles. The van der Waals surface area contributed by atoms with E-state index >= 15 is 0 Å². The molecule has 0 aliphatic carbocycles. The van der Waals surface area contributed by atoms with Crippen LogP contribution in [0.15, 0.2) is 23.1 Å². The van der Waals surface area contributed by atoms with Gasteiger partial charge in [0.25, 0.3) is 0 Å². The van der Waals surface area contributed by atoms with Gasteiger partial charge in [-0.25, -0.2) is 5.06 Å². The minimum atomic E-state index is 0.0695. The summed E-state index contributed by atoms with van der Waals surface area (Å²) in [6.07, 6.45) is 6.20. The Morgan fingerprint density at radius 2 is 2.33 bits per heavy atom. The Hall–Kier alpha value is -1.24. The van der Waals surface area contributed by atoms with Crippen LogP contribution >= 0.6 is 11.8 Å². The van der Waals surface area contributed by atoms with Gasteiger partial charge in [-0.1, -0.05) is 18.6 Å². The van der Waals surface area contributed by atoms with Crippen molar-refractivity contribution in [1.82, 2.24) is 10.4 Å².